The number of nitriles is 1. The second kappa shape index (κ2) is 8.06. The van der Waals surface area contributed by atoms with Gasteiger partial charge in [0.15, 0.2) is 12.7 Å². The molecule has 2 heterocycles. The standard InChI is InChI=1S/C22H20N3O3P/c23-16-19-20(24-22(28-21(19)26)25-14-8-3-9-15-25)29(27,17-10-4-1-5-11-17)18-12-6-2-7-13-18/h1-2,4-7,10-13H,3,8-9,14-15H2. The first-order valence-electron chi connectivity index (χ1n) is 9.56. The van der Waals surface area contributed by atoms with Gasteiger partial charge in [-0.05, 0) is 19.3 Å². The third-order valence-corrected chi connectivity index (χ3v) is 8.06. The Balaban J connectivity index is 2.00. The molecule has 0 saturated carbocycles. The van der Waals surface area contributed by atoms with Crippen LogP contribution in [0.2, 0.25) is 0 Å². The number of hydrogen-bond donors (Lipinski definition) is 0. The maximum Gasteiger partial charge on any atom is 0.359 e. The van der Waals surface area contributed by atoms with Gasteiger partial charge in [0.1, 0.15) is 11.5 Å². The molecule has 0 aliphatic carbocycles. The lowest BCUT2D eigenvalue weighted by atomic mass is 10.1. The lowest BCUT2D eigenvalue weighted by Gasteiger charge is -2.27. The maximum absolute atomic E-state index is 14.6. The highest BCUT2D eigenvalue weighted by atomic mass is 31.2. The van der Waals surface area contributed by atoms with Crippen molar-refractivity contribution in [2.45, 2.75) is 19.3 Å². The van der Waals surface area contributed by atoms with Crippen molar-refractivity contribution in [1.82, 2.24) is 4.98 Å². The zero-order chi connectivity index (χ0) is 20.3. The van der Waals surface area contributed by atoms with Crippen molar-refractivity contribution in [3.05, 3.63) is 76.6 Å². The molecule has 29 heavy (non-hydrogen) atoms. The van der Waals surface area contributed by atoms with E-state index in [-0.39, 0.29) is 17.0 Å². The fraction of sp³-hybridized carbons (Fsp3) is 0.227. The Labute approximate surface area is 168 Å². The summed E-state index contributed by atoms with van der Waals surface area (Å²) in [4.78, 5) is 19.1. The molecule has 1 aliphatic rings. The van der Waals surface area contributed by atoms with Gasteiger partial charge in [0, 0.05) is 23.7 Å². The highest BCUT2D eigenvalue weighted by Crippen LogP contribution is 2.42. The molecule has 1 saturated heterocycles. The van der Waals surface area contributed by atoms with Gasteiger partial charge in [-0.1, -0.05) is 60.7 Å². The van der Waals surface area contributed by atoms with Crippen LogP contribution in [0.3, 0.4) is 0 Å². The number of aromatic nitrogens is 1. The molecule has 146 valence electrons. The highest BCUT2D eigenvalue weighted by molar-refractivity contribution is 7.85. The molecule has 0 radical (unpaired) electrons. The average Bonchev–Trinajstić information content (AvgIpc) is 2.79. The zero-order valence-corrected chi connectivity index (χ0v) is 16.7. The molecule has 0 N–H and O–H groups in total. The summed E-state index contributed by atoms with van der Waals surface area (Å²) in [6.45, 7) is 1.42. The number of nitrogens with zero attached hydrogens (tertiary/aromatic N) is 3. The largest absolute Gasteiger partial charge is 0.388 e. The van der Waals surface area contributed by atoms with E-state index in [1.54, 1.807) is 48.5 Å². The molecular formula is C22H20N3O3P. The van der Waals surface area contributed by atoms with Gasteiger partial charge in [0.25, 0.3) is 0 Å². The van der Waals surface area contributed by atoms with Crippen LogP contribution in [0.15, 0.2) is 69.9 Å². The summed E-state index contributed by atoms with van der Waals surface area (Å²) in [5, 5.41) is 10.7. The first kappa shape index (κ1) is 19.2. The molecule has 7 heteroatoms. The molecule has 1 aliphatic heterocycles. The normalized spacial score (nSPS) is 14.4. The van der Waals surface area contributed by atoms with Crippen molar-refractivity contribution < 1.29 is 8.98 Å². The smallest absolute Gasteiger partial charge is 0.359 e. The third-order valence-electron chi connectivity index (χ3n) is 5.09. The summed E-state index contributed by atoms with van der Waals surface area (Å²) in [6.07, 6.45) is 3.04. The fourth-order valence-corrected chi connectivity index (χ4v) is 6.26. The van der Waals surface area contributed by atoms with Gasteiger partial charge in [-0.25, -0.2) is 4.79 Å². The van der Waals surface area contributed by atoms with Gasteiger partial charge in [-0.2, -0.15) is 10.2 Å². The lowest BCUT2D eigenvalue weighted by Crippen LogP contribution is -2.37. The van der Waals surface area contributed by atoms with Gasteiger partial charge in [0.2, 0.25) is 0 Å². The average molecular weight is 405 g/mol. The van der Waals surface area contributed by atoms with Crippen LogP contribution in [-0.2, 0) is 4.57 Å². The molecule has 4 rings (SSSR count). The number of benzene rings is 2. The minimum Gasteiger partial charge on any atom is -0.388 e. The van der Waals surface area contributed by atoms with E-state index in [9.17, 15) is 14.6 Å². The maximum atomic E-state index is 14.6. The van der Waals surface area contributed by atoms with Crippen molar-refractivity contribution in [3.8, 4) is 6.07 Å². The number of hydrogen-bond acceptors (Lipinski definition) is 6. The zero-order valence-electron chi connectivity index (χ0n) is 15.8. The predicted octanol–water partition coefficient (Wildman–Crippen LogP) is 2.54. The van der Waals surface area contributed by atoms with Crippen molar-refractivity contribution in [1.29, 1.82) is 5.26 Å². The Kier molecular flexibility index (Phi) is 5.33. The first-order valence-corrected chi connectivity index (χ1v) is 11.3. The van der Waals surface area contributed by atoms with Crippen LogP contribution in [0.25, 0.3) is 0 Å². The molecule has 1 fully saturated rings. The van der Waals surface area contributed by atoms with Crippen LogP contribution in [0, 0.1) is 11.3 Å². The molecule has 0 atom stereocenters. The minimum absolute atomic E-state index is 0.00535. The van der Waals surface area contributed by atoms with Crippen LogP contribution < -0.4 is 26.6 Å². The fourth-order valence-electron chi connectivity index (χ4n) is 3.61. The van der Waals surface area contributed by atoms with Crippen LogP contribution >= 0.6 is 7.14 Å². The van der Waals surface area contributed by atoms with Crippen molar-refractivity contribution >= 4 is 29.2 Å². The van der Waals surface area contributed by atoms with E-state index in [0.29, 0.717) is 23.7 Å². The summed E-state index contributed by atoms with van der Waals surface area (Å²) >= 11 is 0. The summed E-state index contributed by atoms with van der Waals surface area (Å²) in [5.74, 6) is 0. The monoisotopic (exact) mass is 405 g/mol. The second-order valence-corrected chi connectivity index (χ2v) is 9.60. The molecule has 3 aromatic rings. The van der Waals surface area contributed by atoms with E-state index >= 15 is 0 Å². The van der Waals surface area contributed by atoms with E-state index in [2.05, 4.69) is 4.98 Å². The van der Waals surface area contributed by atoms with Crippen LogP contribution in [0.1, 0.15) is 24.8 Å². The lowest BCUT2D eigenvalue weighted by molar-refractivity contribution is 0.452. The molecular weight excluding hydrogens is 385 g/mol. The number of anilines is 1. The molecule has 0 amide bonds. The van der Waals surface area contributed by atoms with Gasteiger partial charge in [0.05, 0.1) is 0 Å². The van der Waals surface area contributed by atoms with Gasteiger partial charge >= 0.3 is 11.6 Å². The molecule has 0 bridgehead atoms. The predicted molar refractivity (Wildman–Crippen MR) is 113 cm³/mol. The molecule has 6 nitrogen and oxygen atoms in total. The van der Waals surface area contributed by atoms with Crippen molar-refractivity contribution in [3.63, 3.8) is 0 Å². The quantitative estimate of drug-likeness (QED) is 0.620. The van der Waals surface area contributed by atoms with Crippen molar-refractivity contribution in [2.24, 2.45) is 0 Å². The molecule has 1 aromatic heterocycles. The topological polar surface area (TPSA) is 87.2 Å². The van der Waals surface area contributed by atoms with E-state index in [1.165, 1.54) is 0 Å². The third kappa shape index (κ3) is 3.50. The minimum atomic E-state index is -3.56. The van der Waals surface area contributed by atoms with E-state index in [1.807, 2.05) is 23.1 Å². The summed E-state index contributed by atoms with van der Waals surface area (Å²) in [5.41, 5.74) is -1.11. The molecule has 0 unspecified atom stereocenters. The summed E-state index contributed by atoms with van der Waals surface area (Å²) < 4.78 is 19.9. The van der Waals surface area contributed by atoms with E-state index in [4.69, 9.17) is 4.42 Å². The SMILES string of the molecule is N#Cc1c(P(=O)(c2ccccc2)c2ccccc2)nc(N2CCCCC2)oc1=O. The number of rotatable bonds is 4. The highest BCUT2D eigenvalue weighted by Gasteiger charge is 2.36. The van der Waals surface area contributed by atoms with E-state index in [0.717, 1.165) is 19.3 Å². The van der Waals surface area contributed by atoms with Crippen molar-refractivity contribution in [2.75, 3.05) is 18.0 Å². The van der Waals surface area contributed by atoms with Gasteiger partial charge in [-0.15, -0.1) is 0 Å². The number of piperidine rings is 1. The van der Waals surface area contributed by atoms with Gasteiger partial charge < -0.3 is 13.9 Å². The molecule has 2 aromatic carbocycles. The Morgan fingerprint density at radius 3 is 2.00 bits per heavy atom. The Bertz CT molecular complexity index is 1100. The summed E-state index contributed by atoms with van der Waals surface area (Å²) in [6, 6.07) is 19.8. The first-order chi connectivity index (χ1) is 14.1. The Morgan fingerprint density at radius 1 is 0.931 bits per heavy atom. The van der Waals surface area contributed by atoms with Crippen LogP contribution in [0.5, 0.6) is 0 Å². The van der Waals surface area contributed by atoms with Gasteiger partial charge in [-0.3, -0.25) is 0 Å². The second-order valence-electron chi connectivity index (χ2n) is 6.92. The van der Waals surface area contributed by atoms with Crippen LogP contribution in [0.4, 0.5) is 6.01 Å². The Morgan fingerprint density at radius 2 is 1.48 bits per heavy atom. The summed E-state index contributed by atoms with van der Waals surface area (Å²) in [7, 11) is -3.56. The van der Waals surface area contributed by atoms with E-state index < -0.39 is 12.8 Å². The Hall–Kier alpha value is -3.16. The van der Waals surface area contributed by atoms with Crippen LogP contribution in [-0.4, -0.2) is 18.1 Å². The molecule has 0 spiro atoms.